The van der Waals surface area contributed by atoms with Crippen LogP contribution in [0.15, 0.2) is 48.7 Å². The molecule has 0 bridgehead atoms. The highest BCUT2D eigenvalue weighted by Gasteiger charge is 2.08. The van der Waals surface area contributed by atoms with Crippen LogP contribution in [-0.2, 0) is 0 Å². The minimum absolute atomic E-state index is 0.223. The van der Waals surface area contributed by atoms with Gasteiger partial charge in [-0.25, -0.2) is 9.78 Å². The monoisotopic (exact) mass is 214 g/mol. The van der Waals surface area contributed by atoms with Crippen LogP contribution in [0.25, 0.3) is 11.1 Å². The lowest BCUT2D eigenvalue weighted by molar-refractivity contribution is 0.209. The van der Waals surface area contributed by atoms with Gasteiger partial charge < -0.3 is 10.5 Å². The normalized spacial score (nSPS) is 9.75. The maximum Gasteiger partial charge on any atom is 0.411 e. The van der Waals surface area contributed by atoms with E-state index < -0.39 is 6.09 Å². The third-order valence-corrected chi connectivity index (χ3v) is 2.05. The Morgan fingerprint density at radius 2 is 1.88 bits per heavy atom. The lowest BCUT2D eigenvalue weighted by Crippen LogP contribution is -2.17. The number of primary amides is 1. The van der Waals surface area contributed by atoms with Crippen molar-refractivity contribution in [2.45, 2.75) is 0 Å². The highest BCUT2D eigenvalue weighted by molar-refractivity contribution is 5.74. The number of carbonyl (C=O) groups excluding carboxylic acids is 1. The van der Waals surface area contributed by atoms with Crippen LogP contribution in [0.2, 0.25) is 0 Å². The molecule has 0 fully saturated rings. The summed E-state index contributed by atoms with van der Waals surface area (Å²) < 4.78 is 4.83. The number of benzene rings is 1. The van der Waals surface area contributed by atoms with Crippen molar-refractivity contribution < 1.29 is 9.53 Å². The number of rotatable bonds is 2. The molecule has 2 rings (SSSR count). The number of pyridine rings is 1. The van der Waals surface area contributed by atoms with Crippen molar-refractivity contribution in [1.29, 1.82) is 0 Å². The van der Waals surface area contributed by atoms with Crippen LogP contribution in [-0.4, -0.2) is 11.1 Å². The third-order valence-electron chi connectivity index (χ3n) is 2.05. The largest absolute Gasteiger partial charge is 0.411 e. The molecule has 2 aromatic rings. The summed E-state index contributed by atoms with van der Waals surface area (Å²) in [4.78, 5) is 14.7. The molecule has 1 aromatic heterocycles. The summed E-state index contributed by atoms with van der Waals surface area (Å²) in [6.45, 7) is 0. The van der Waals surface area contributed by atoms with Crippen molar-refractivity contribution in [3.8, 4) is 17.0 Å². The number of carbonyl (C=O) groups is 1. The summed E-state index contributed by atoms with van der Waals surface area (Å²) >= 11 is 0. The predicted molar refractivity (Wildman–Crippen MR) is 59.9 cm³/mol. The first-order valence-electron chi connectivity index (χ1n) is 4.75. The fourth-order valence-electron chi connectivity index (χ4n) is 1.40. The van der Waals surface area contributed by atoms with Crippen molar-refractivity contribution >= 4 is 6.09 Å². The molecule has 0 aliphatic rings. The molecular formula is C12H10N2O2. The quantitative estimate of drug-likeness (QED) is 0.833. The van der Waals surface area contributed by atoms with E-state index in [1.807, 2.05) is 36.4 Å². The van der Waals surface area contributed by atoms with Crippen LogP contribution in [0, 0.1) is 0 Å². The van der Waals surface area contributed by atoms with Crippen molar-refractivity contribution in [1.82, 2.24) is 4.98 Å². The van der Waals surface area contributed by atoms with Gasteiger partial charge in [0.15, 0.2) is 0 Å². The van der Waals surface area contributed by atoms with E-state index in [9.17, 15) is 4.79 Å². The Morgan fingerprint density at radius 1 is 1.12 bits per heavy atom. The van der Waals surface area contributed by atoms with Crippen molar-refractivity contribution in [3.05, 3.63) is 48.7 Å². The van der Waals surface area contributed by atoms with Gasteiger partial charge in [0.25, 0.3) is 0 Å². The maximum atomic E-state index is 10.7. The Morgan fingerprint density at radius 3 is 2.56 bits per heavy atom. The second-order valence-corrected chi connectivity index (χ2v) is 3.14. The van der Waals surface area contributed by atoms with Gasteiger partial charge in [-0.2, -0.15) is 0 Å². The van der Waals surface area contributed by atoms with Gasteiger partial charge in [0, 0.05) is 11.8 Å². The molecule has 0 atom stereocenters. The predicted octanol–water partition coefficient (Wildman–Crippen LogP) is 2.21. The van der Waals surface area contributed by atoms with E-state index in [1.54, 1.807) is 12.3 Å². The smallest absolute Gasteiger partial charge is 0.391 e. The van der Waals surface area contributed by atoms with Crippen LogP contribution in [0.1, 0.15) is 0 Å². The van der Waals surface area contributed by atoms with E-state index in [2.05, 4.69) is 4.98 Å². The van der Waals surface area contributed by atoms with Crippen molar-refractivity contribution in [2.24, 2.45) is 5.73 Å². The van der Waals surface area contributed by atoms with E-state index >= 15 is 0 Å². The van der Waals surface area contributed by atoms with Gasteiger partial charge in [0.05, 0.1) is 0 Å². The summed E-state index contributed by atoms with van der Waals surface area (Å²) in [6, 6.07) is 13.1. The van der Waals surface area contributed by atoms with Crippen LogP contribution in [0.4, 0.5) is 4.79 Å². The summed E-state index contributed by atoms with van der Waals surface area (Å²) in [7, 11) is 0. The molecule has 0 aliphatic heterocycles. The van der Waals surface area contributed by atoms with Gasteiger partial charge in [-0.1, -0.05) is 30.3 Å². The molecule has 0 saturated heterocycles. The van der Waals surface area contributed by atoms with Crippen LogP contribution in [0.3, 0.4) is 0 Å². The Hall–Kier alpha value is -2.36. The summed E-state index contributed by atoms with van der Waals surface area (Å²) in [5.41, 5.74) is 6.63. The van der Waals surface area contributed by atoms with Crippen LogP contribution >= 0.6 is 0 Å². The molecule has 1 aromatic carbocycles. The summed E-state index contributed by atoms with van der Waals surface area (Å²) in [5.74, 6) is 0.223. The molecule has 2 N–H and O–H groups in total. The Bertz CT molecular complexity index is 497. The Labute approximate surface area is 92.7 Å². The van der Waals surface area contributed by atoms with Gasteiger partial charge in [-0.3, -0.25) is 0 Å². The van der Waals surface area contributed by atoms with Crippen molar-refractivity contribution in [3.63, 3.8) is 0 Å². The molecule has 0 saturated carbocycles. The lowest BCUT2D eigenvalue weighted by atomic mass is 10.1. The molecule has 0 unspecified atom stereocenters. The molecule has 4 heteroatoms. The molecule has 16 heavy (non-hydrogen) atoms. The van der Waals surface area contributed by atoms with E-state index in [0.29, 0.717) is 0 Å². The highest BCUT2D eigenvalue weighted by atomic mass is 16.6. The first-order valence-corrected chi connectivity index (χ1v) is 4.75. The van der Waals surface area contributed by atoms with Gasteiger partial charge in [0.2, 0.25) is 5.88 Å². The number of hydrogen-bond donors (Lipinski definition) is 1. The Balaban J connectivity index is 2.44. The van der Waals surface area contributed by atoms with Gasteiger partial charge in [-0.15, -0.1) is 0 Å². The maximum absolute atomic E-state index is 10.7. The first-order chi connectivity index (χ1) is 7.77. The number of ether oxygens (including phenoxy) is 1. The fraction of sp³-hybridized carbons (Fsp3) is 0. The van der Waals surface area contributed by atoms with Gasteiger partial charge in [0.1, 0.15) is 0 Å². The second kappa shape index (κ2) is 4.44. The molecule has 0 spiro atoms. The summed E-state index contributed by atoms with van der Waals surface area (Å²) in [6.07, 6.45) is 0.681. The number of aromatic nitrogens is 1. The Kier molecular flexibility index (Phi) is 2.82. The number of hydrogen-bond acceptors (Lipinski definition) is 3. The van der Waals surface area contributed by atoms with E-state index in [4.69, 9.17) is 10.5 Å². The zero-order chi connectivity index (χ0) is 11.4. The fourth-order valence-corrected chi connectivity index (χ4v) is 1.40. The average Bonchev–Trinajstić information content (AvgIpc) is 2.30. The molecule has 4 nitrogen and oxygen atoms in total. The number of nitrogens with zero attached hydrogens (tertiary/aromatic N) is 1. The molecule has 1 heterocycles. The third kappa shape index (κ3) is 2.17. The topological polar surface area (TPSA) is 65.2 Å². The first kappa shape index (κ1) is 10.2. The standard InChI is InChI=1S/C12H10N2O2/c13-12(15)16-11-10(7-4-8-14-11)9-5-2-1-3-6-9/h1-8H,(H2,13,15). The van der Waals surface area contributed by atoms with Crippen molar-refractivity contribution in [2.75, 3.05) is 0 Å². The minimum Gasteiger partial charge on any atom is -0.391 e. The van der Waals surface area contributed by atoms with Crippen LogP contribution < -0.4 is 10.5 Å². The zero-order valence-electron chi connectivity index (χ0n) is 8.46. The minimum atomic E-state index is -0.865. The molecule has 0 aliphatic carbocycles. The lowest BCUT2D eigenvalue weighted by Gasteiger charge is -2.06. The van der Waals surface area contributed by atoms with Crippen LogP contribution in [0.5, 0.6) is 5.88 Å². The molecule has 0 radical (unpaired) electrons. The number of amides is 1. The average molecular weight is 214 g/mol. The SMILES string of the molecule is NC(=O)Oc1ncccc1-c1ccccc1. The summed E-state index contributed by atoms with van der Waals surface area (Å²) in [5, 5.41) is 0. The number of nitrogens with two attached hydrogens (primary N) is 1. The zero-order valence-corrected chi connectivity index (χ0v) is 8.46. The highest BCUT2D eigenvalue weighted by Crippen LogP contribution is 2.27. The molecular weight excluding hydrogens is 204 g/mol. The van der Waals surface area contributed by atoms with Gasteiger partial charge >= 0.3 is 6.09 Å². The molecule has 1 amide bonds. The van der Waals surface area contributed by atoms with E-state index in [1.165, 1.54) is 0 Å². The second-order valence-electron chi connectivity index (χ2n) is 3.14. The molecule has 80 valence electrons. The van der Waals surface area contributed by atoms with E-state index in [0.717, 1.165) is 11.1 Å². The van der Waals surface area contributed by atoms with E-state index in [-0.39, 0.29) is 5.88 Å². The van der Waals surface area contributed by atoms with Gasteiger partial charge in [-0.05, 0) is 17.7 Å².